The van der Waals surface area contributed by atoms with Crippen LogP contribution >= 0.6 is 0 Å². The summed E-state index contributed by atoms with van der Waals surface area (Å²) >= 11 is 0. The number of H-pyrrole nitrogens is 1. The third-order valence-corrected chi connectivity index (χ3v) is 3.67. The number of rotatable bonds is 6. The second-order valence-electron chi connectivity index (χ2n) is 5.58. The maximum atomic E-state index is 12.3. The summed E-state index contributed by atoms with van der Waals surface area (Å²) in [5, 5.41) is 3.35. The lowest BCUT2D eigenvalue weighted by Gasteiger charge is -2.24. The number of aromatic nitrogens is 1. The Morgan fingerprint density at radius 3 is 3.11 bits per heavy atom. The van der Waals surface area contributed by atoms with E-state index in [2.05, 4.69) is 30.2 Å². The molecular formula is C15H25N3O. The number of nitrogens with zero attached hydrogens (tertiary/aromatic N) is 1. The summed E-state index contributed by atoms with van der Waals surface area (Å²) in [6.07, 6.45) is 5.70. The van der Waals surface area contributed by atoms with Gasteiger partial charge in [-0.25, -0.2) is 0 Å². The van der Waals surface area contributed by atoms with Gasteiger partial charge in [0.15, 0.2) is 0 Å². The topological polar surface area (TPSA) is 48.1 Å². The normalized spacial score (nSPS) is 19.3. The van der Waals surface area contributed by atoms with Gasteiger partial charge < -0.3 is 15.2 Å². The first-order valence-electron chi connectivity index (χ1n) is 7.34. The van der Waals surface area contributed by atoms with Gasteiger partial charge in [0, 0.05) is 30.9 Å². The molecule has 0 aromatic carbocycles. The van der Waals surface area contributed by atoms with Crippen LogP contribution < -0.4 is 5.32 Å². The van der Waals surface area contributed by atoms with E-state index in [-0.39, 0.29) is 6.04 Å². The summed E-state index contributed by atoms with van der Waals surface area (Å²) in [4.78, 5) is 17.6. The average molecular weight is 263 g/mol. The van der Waals surface area contributed by atoms with Crippen molar-refractivity contribution in [2.24, 2.45) is 0 Å². The van der Waals surface area contributed by atoms with E-state index in [1.807, 2.05) is 17.2 Å². The molecule has 19 heavy (non-hydrogen) atoms. The van der Waals surface area contributed by atoms with Crippen LogP contribution in [0.2, 0.25) is 0 Å². The van der Waals surface area contributed by atoms with Crippen molar-refractivity contribution in [3.8, 4) is 0 Å². The highest BCUT2D eigenvalue weighted by molar-refractivity contribution is 5.77. The lowest BCUT2D eigenvalue weighted by atomic mass is 10.1. The zero-order chi connectivity index (χ0) is 13.7. The van der Waals surface area contributed by atoms with E-state index in [9.17, 15) is 4.79 Å². The van der Waals surface area contributed by atoms with Crippen LogP contribution in [0.3, 0.4) is 0 Å². The molecule has 4 heteroatoms. The maximum absolute atomic E-state index is 12.3. The highest BCUT2D eigenvalue weighted by Gasteiger charge is 2.29. The molecular weight excluding hydrogens is 238 g/mol. The van der Waals surface area contributed by atoms with Crippen LogP contribution in [0.4, 0.5) is 0 Å². The van der Waals surface area contributed by atoms with Crippen molar-refractivity contribution < 1.29 is 4.79 Å². The first-order chi connectivity index (χ1) is 9.18. The van der Waals surface area contributed by atoms with Crippen molar-refractivity contribution in [3.63, 3.8) is 0 Å². The molecule has 1 amide bonds. The summed E-state index contributed by atoms with van der Waals surface area (Å²) < 4.78 is 0. The molecule has 1 aromatic rings. The fourth-order valence-electron chi connectivity index (χ4n) is 2.71. The predicted octanol–water partition coefficient (Wildman–Crippen LogP) is 2.46. The van der Waals surface area contributed by atoms with E-state index >= 15 is 0 Å². The van der Waals surface area contributed by atoms with Gasteiger partial charge >= 0.3 is 0 Å². The fourth-order valence-corrected chi connectivity index (χ4v) is 2.71. The number of amides is 1. The molecule has 2 heterocycles. The van der Waals surface area contributed by atoms with Crippen LogP contribution in [-0.4, -0.2) is 34.9 Å². The zero-order valence-electron chi connectivity index (χ0n) is 12.0. The molecule has 106 valence electrons. The smallest absolute Gasteiger partial charge is 0.223 e. The van der Waals surface area contributed by atoms with Crippen LogP contribution in [0, 0.1) is 0 Å². The van der Waals surface area contributed by atoms with Crippen molar-refractivity contribution in [2.45, 2.75) is 51.6 Å². The van der Waals surface area contributed by atoms with Crippen molar-refractivity contribution >= 4 is 5.91 Å². The molecule has 1 saturated heterocycles. The Kier molecular flexibility index (Phi) is 5.02. The maximum Gasteiger partial charge on any atom is 0.223 e. The minimum atomic E-state index is 0.264. The Morgan fingerprint density at radius 1 is 1.58 bits per heavy atom. The molecule has 2 N–H and O–H groups in total. The van der Waals surface area contributed by atoms with Crippen molar-refractivity contribution in [3.05, 3.63) is 24.0 Å². The molecule has 4 nitrogen and oxygen atoms in total. The van der Waals surface area contributed by atoms with Gasteiger partial charge in [-0.3, -0.25) is 4.79 Å². The summed E-state index contributed by atoms with van der Waals surface area (Å²) in [7, 11) is 0. The molecule has 0 spiro atoms. The number of carbonyl (C=O) groups excluding carboxylic acids is 1. The number of likely N-dealkylation sites (tertiary alicyclic amines) is 1. The number of aromatic amines is 1. The highest BCUT2D eigenvalue weighted by Crippen LogP contribution is 2.31. The predicted molar refractivity (Wildman–Crippen MR) is 76.9 cm³/mol. The number of nitrogens with one attached hydrogen (secondary N) is 2. The number of carbonyl (C=O) groups is 1. The Bertz CT molecular complexity index is 386. The molecule has 1 aliphatic rings. The molecule has 0 bridgehead atoms. The summed E-state index contributed by atoms with van der Waals surface area (Å²) in [6.45, 7) is 6.08. The van der Waals surface area contributed by atoms with Crippen molar-refractivity contribution in [1.82, 2.24) is 15.2 Å². The third-order valence-electron chi connectivity index (χ3n) is 3.67. The van der Waals surface area contributed by atoms with E-state index in [0.29, 0.717) is 18.4 Å². The SMILES string of the molecule is CC(C)NCCCC(=O)N1CCCC1c1ccc[nH]1. The Hall–Kier alpha value is -1.29. The van der Waals surface area contributed by atoms with Crippen LogP contribution in [0.5, 0.6) is 0 Å². The lowest BCUT2D eigenvalue weighted by Crippen LogP contribution is -2.31. The molecule has 1 fully saturated rings. The fraction of sp³-hybridized carbons (Fsp3) is 0.667. The Balaban J connectivity index is 1.81. The minimum Gasteiger partial charge on any atom is -0.363 e. The highest BCUT2D eigenvalue weighted by atomic mass is 16.2. The van der Waals surface area contributed by atoms with Gasteiger partial charge in [-0.05, 0) is 37.9 Å². The van der Waals surface area contributed by atoms with Crippen molar-refractivity contribution in [2.75, 3.05) is 13.1 Å². The van der Waals surface area contributed by atoms with E-state index in [0.717, 1.165) is 32.4 Å². The van der Waals surface area contributed by atoms with Crippen LogP contribution in [0.1, 0.15) is 51.3 Å². The second kappa shape index (κ2) is 6.75. The average Bonchev–Trinajstić information content (AvgIpc) is 3.02. The van der Waals surface area contributed by atoms with Crippen LogP contribution in [0.25, 0.3) is 0 Å². The van der Waals surface area contributed by atoms with Crippen LogP contribution in [-0.2, 0) is 4.79 Å². The Labute approximate surface area is 115 Å². The number of hydrogen-bond donors (Lipinski definition) is 2. The van der Waals surface area contributed by atoms with E-state index in [1.165, 1.54) is 5.69 Å². The zero-order valence-corrected chi connectivity index (χ0v) is 12.0. The number of hydrogen-bond acceptors (Lipinski definition) is 2. The van der Waals surface area contributed by atoms with Crippen LogP contribution in [0.15, 0.2) is 18.3 Å². The van der Waals surface area contributed by atoms with Gasteiger partial charge in [0.25, 0.3) is 0 Å². The second-order valence-corrected chi connectivity index (χ2v) is 5.58. The minimum absolute atomic E-state index is 0.264. The van der Waals surface area contributed by atoms with E-state index in [4.69, 9.17) is 0 Å². The molecule has 0 radical (unpaired) electrons. The van der Waals surface area contributed by atoms with Gasteiger partial charge in [-0.2, -0.15) is 0 Å². The van der Waals surface area contributed by atoms with Gasteiger partial charge in [-0.15, -0.1) is 0 Å². The monoisotopic (exact) mass is 263 g/mol. The summed E-state index contributed by atoms with van der Waals surface area (Å²) in [5.41, 5.74) is 1.17. The molecule has 1 atom stereocenters. The van der Waals surface area contributed by atoms with Crippen molar-refractivity contribution in [1.29, 1.82) is 0 Å². The van der Waals surface area contributed by atoms with Gasteiger partial charge in [-0.1, -0.05) is 13.8 Å². The Morgan fingerprint density at radius 2 is 2.42 bits per heavy atom. The molecule has 0 aliphatic carbocycles. The third kappa shape index (κ3) is 3.83. The molecule has 2 rings (SSSR count). The first kappa shape index (κ1) is 14.1. The molecule has 1 aromatic heterocycles. The molecule has 0 saturated carbocycles. The van der Waals surface area contributed by atoms with E-state index in [1.54, 1.807) is 0 Å². The summed E-state index contributed by atoms with van der Waals surface area (Å²) in [5.74, 6) is 0.294. The van der Waals surface area contributed by atoms with E-state index < -0.39 is 0 Å². The van der Waals surface area contributed by atoms with Gasteiger partial charge in [0.2, 0.25) is 5.91 Å². The molecule has 1 unspecified atom stereocenters. The first-order valence-corrected chi connectivity index (χ1v) is 7.34. The van der Waals surface area contributed by atoms with Gasteiger partial charge in [0.1, 0.15) is 0 Å². The molecule has 1 aliphatic heterocycles. The quantitative estimate of drug-likeness (QED) is 0.775. The largest absolute Gasteiger partial charge is 0.363 e. The summed E-state index contributed by atoms with van der Waals surface area (Å²) in [6, 6.07) is 4.84. The lowest BCUT2D eigenvalue weighted by molar-refractivity contribution is -0.132. The standard InChI is InChI=1S/C15H25N3O/c1-12(2)16-9-4-8-15(19)18-11-5-7-14(18)13-6-3-10-17-13/h3,6,10,12,14,16-17H,4-5,7-9,11H2,1-2H3. The van der Waals surface area contributed by atoms with Gasteiger partial charge in [0.05, 0.1) is 6.04 Å².